The largest absolute Gasteiger partial charge is 0.325 e. The van der Waals surface area contributed by atoms with Gasteiger partial charge in [-0.1, -0.05) is 36.8 Å². The topological polar surface area (TPSA) is 76.4 Å². The first-order chi connectivity index (χ1) is 16.0. The van der Waals surface area contributed by atoms with E-state index in [1.54, 1.807) is 12.4 Å². The minimum Gasteiger partial charge on any atom is -0.317 e. The number of amides is 2. The van der Waals surface area contributed by atoms with Crippen molar-refractivity contribution < 1.29 is 4.79 Å². The highest BCUT2D eigenvalue weighted by molar-refractivity contribution is 5.95. The van der Waals surface area contributed by atoms with Gasteiger partial charge in [0.1, 0.15) is 6.07 Å². The molecule has 3 aliphatic rings. The summed E-state index contributed by atoms with van der Waals surface area (Å²) in [6, 6.07) is 12.8. The average molecular weight is 445 g/mol. The molecule has 0 atom stereocenters. The molecule has 2 aliphatic carbocycles. The van der Waals surface area contributed by atoms with E-state index in [1.807, 2.05) is 11.0 Å². The lowest BCUT2D eigenvalue weighted by Gasteiger charge is -2.51. The third-order valence-electron chi connectivity index (χ3n) is 8.38. The van der Waals surface area contributed by atoms with Crippen LogP contribution < -0.4 is 4.90 Å². The van der Waals surface area contributed by atoms with Gasteiger partial charge in [0.25, 0.3) is 0 Å². The Morgan fingerprint density at radius 3 is 2.30 bits per heavy atom. The summed E-state index contributed by atoms with van der Waals surface area (Å²) in [6.07, 6.45) is 10.9. The quantitative estimate of drug-likeness (QED) is 0.692. The van der Waals surface area contributed by atoms with Crippen molar-refractivity contribution >= 4 is 11.7 Å². The fourth-order valence-electron chi connectivity index (χ4n) is 6.02. The normalized spacial score (nSPS) is 27.8. The molecule has 33 heavy (non-hydrogen) atoms. The van der Waals surface area contributed by atoms with Crippen LogP contribution >= 0.6 is 0 Å². The number of nitriles is 1. The lowest BCUT2D eigenvalue weighted by atomic mass is 9.68. The Morgan fingerprint density at radius 1 is 1.09 bits per heavy atom. The number of carbonyl (C=O) groups is 1. The van der Waals surface area contributed by atoms with Crippen molar-refractivity contribution in [3.8, 4) is 6.07 Å². The maximum atomic E-state index is 13.7. The molecule has 2 saturated carbocycles. The minimum atomic E-state index is -0.172. The summed E-state index contributed by atoms with van der Waals surface area (Å²) in [4.78, 5) is 28.3. The summed E-state index contributed by atoms with van der Waals surface area (Å²) < 4.78 is 0. The molecule has 0 unspecified atom stereocenters. The highest BCUT2D eigenvalue weighted by Gasteiger charge is 2.55. The number of carbonyl (C=O) groups excluding carboxylic acids is 1. The molecule has 0 bridgehead atoms. The third-order valence-corrected chi connectivity index (χ3v) is 8.38. The second-order valence-electron chi connectivity index (χ2n) is 10.2. The zero-order chi connectivity index (χ0) is 23.1. The molecular weight excluding hydrogens is 412 g/mol. The first kappa shape index (κ1) is 21.8. The maximum absolute atomic E-state index is 13.7. The third kappa shape index (κ3) is 3.67. The Balaban J connectivity index is 1.44. The van der Waals surface area contributed by atoms with Gasteiger partial charge in [-0.15, -0.1) is 0 Å². The summed E-state index contributed by atoms with van der Waals surface area (Å²) in [5.74, 6) is 0.736. The lowest BCUT2D eigenvalue weighted by Crippen LogP contribution is -2.56. The molecule has 1 saturated heterocycles. The van der Waals surface area contributed by atoms with Crippen LogP contribution in [0.3, 0.4) is 0 Å². The number of rotatable bonds is 5. The average Bonchev–Trinajstić information content (AvgIpc) is 3.08. The first-order valence-corrected chi connectivity index (χ1v) is 12.0. The number of anilines is 1. The maximum Gasteiger partial charge on any atom is 0.325 e. The molecule has 7 heteroatoms. The lowest BCUT2D eigenvalue weighted by molar-refractivity contribution is 0.0172. The van der Waals surface area contributed by atoms with E-state index in [9.17, 15) is 4.79 Å². The van der Waals surface area contributed by atoms with Crippen LogP contribution in [-0.2, 0) is 5.54 Å². The number of urea groups is 1. The summed E-state index contributed by atoms with van der Waals surface area (Å²) >= 11 is 0. The van der Waals surface area contributed by atoms with Gasteiger partial charge in [-0.05, 0) is 64.1 Å². The number of nitrogens with zero attached hydrogens (tertiary/aromatic N) is 6. The molecular formula is C26H32N6O. The number of benzene rings is 1. The Hall–Kier alpha value is -2.98. The van der Waals surface area contributed by atoms with Gasteiger partial charge in [-0.3, -0.25) is 9.80 Å². The van der Waals surface area contributed by atoms with Crippen LogP contribution in [0.4, 0.5) is 10.5 Å². The van der Waals surface area contributed by atoms with E-state index in [-0.39, 0.29) is 22.9 Å². The van der Waals surface area contributed by atoms with E-state index in [0.29, 0.717) is 18.2 Å². The molecule has 1 aromatic heterocycles. The first-order valence-electron chi connectivity index (χ1n) is 12.0. The SMILES string of the molecule is CN(C)C1(c2ccccc2)CCC2(CC1)CN(c1cnc(C#N)nc1)C(=O)N2CC1CCC1. The van der Waals surface area contributed by atoms with Crippen molar-refractivity contribution in [2.45, 2.75) is 56.0 Å². The predicted octanol–water partition coefficient (Wildman–Crippen LogP) is 4.16. The van der Waals surface area contributed by atoms with Gasteiger partial charge in [0, 0.05) is 12.1 Å². The molecule has 2 amide bonds. The Bertz CT molecular complexity index is 1030. The van der Waals surface area contributed by atoms with Crippen LogP contribution in [0.1, 0.15) is 56.3 Å². The second kappa shape index (κ2) is 8.42. The summed E-state index contributed by atoms with van der Waals surface area (Å²) in [5.41, 5.74) is 1.86. The summed E-state index contributed by atoms with van der Waals surface area (Å²) in [5, 5.41) is 9.04. The monoisotopic (exact) mass is 444 g/mol. The van der Waals surface area contributed by atoms with Gasteiger partial charge in [0.2, 0.25) is 5.82 Å². The van der Waals surface area contributed by atoms with Gasteiger partial charge in [0.05, 0.1) is 30.2 Å². The number of hydrogen-bond donors (Lipinski definition) is 0. The van der Waals surface area contributed by atoms with E-state index >= 15 is 0 Å². The van der Waals surface area contributed by atoms with Crippen LogP contribution in [-0.4, -0.2) is 58.5 Å². The van der Waals surface area contributed by atoms with E-state index in [1.165, 1.54) is 24.8 Å². The second-order valence-corrected chi connectivity index (χ2v) is 10.2. The van der Waals surface area contributed by atoms with Crippen molar-refractivity contribution in [2.75, 3.05) is 32.1 Å². The molecule has 0 N–H and O–H groups in total. The van der Waals surface area contributed by atoms with Gasteiger partial charge < -0.3 is 4.90 Å². The molecule has 5 rings (SSSR count). The molecule has 0 radical (unpaired) electrons. The fourth-order valence-corrected chi connectivity index (χ4v) is 6.02. The summed E-state index contributed by atoms with van der Waals surface area (Å²) in [7, 11) is 4.36. The van der Waals surface area contributed by atoms with E-state index in [0.717, 1.165) is 32.2 Å². The minimum absolute atomic E-state index is 0.0112. The number of hydrogen-bond acceptors (Lipinski definition) is 5. The Kier molecular flexibility index (Phi) is 5.57. The van der Waals surface area contributed by atoms with Crippen LogP contribution in [0, 0.1) is 17.2 Å². The molecule has 7 nitrogen and oxygen atoms in total. The molecule has 2 heterocycles. The molecule has 2 aromatic rings. The van der Waals surface area contributed by atoms with Crippen LogP contribution in [0.25, 0.3) is 0 Å². The van der Waals surface area contributed by atoms with Crippen molar-refractivity contribution in [1.29, 1.82) is 5.26 Å². The van der Waals surface area contributed by atoms with Crippen LogP contribution in [0.2, 0.25) is 0 Å². The molecule has 1 spiro atoms. The van der Waals surface area contributed by atoms with E-state index in [4.69, 9.17) is 5.26 Å². The smallest absolute Gasteiger partial charge is 0.317 e. The predicted molar refractivity (Wildman–Crippen MR) is 127 cm³/mol. The molecule has 172 valence electrons. The fraction of sp³-hybridized carbons (Fsp3) is 0.538. The zero-order valence-corrected chi connectivity index (χ0v) is 19.6. The Morgan fingerprint density at radius 2 is 1.76 bits per heavy atom. The number of aromatic nitrogens is 2. The Labute approximate surface area is 196 Å². The van der Waals surface area contributed by atoms with Crippen molar-refractivity contribution in [3.05, 3.63) is 54.1 Å². The van der Waals surface area contributed by atoms with Crippen LogP contribution in [0.15, 0.2) is 42.7 Å². The van der Waals surface area contributed by atoms with E-state index in [2.05, 4.69) is 64.2 Å². The van der Waals surface area contributed by atoms with Crippen LogP contribution in [0.5, 0.6) is 0 Å². The molecule has 1 aromatic carbocycles. The molecule has 1 aliphatic heterocycles. The van der Waals surface area contributed by atoms with Gasteiger partial charge in [-0.25, -0.2) is 14.8 Å². The standard InChI is InChI=1S/C26H32N6O/c1-30(2)26(21-9-4-3-5-10-21)13-11-25(12-14-26)19-31(22-16-28-23(15-27)29-17-22)24(33)32(25)18-20-7-6-8-20/h3-5,9-10,16-17,20H,6-8,11-14,18-19H2,1-2H3. The van der Waals surface area contributed by atoms with Gasteiger partial charge in [-0.2, -0.15) is 5.26 Å². The summed E-state index contributed by atoms with van der Waals surface area (Å²) in [6.45, 7) is 1.50. The van der Waals surface area contributed by atoms with Gasteiger partial charge >= 0.3 is 6.03 Å². The highest BCUT2D eigenvalue weighted by Crippen LogP contribution is 2.50. The van der Waals surface area contributed by atoms with E-state index < -0.39 is 0 Å². The van der Waals surface area contributed by atoms with Crippen molar-refractivity contribution in [3.63, 3.8) is 0 Å². The highest BCUT2D eigenvalue weighted by atomic mass is 16.2. The zero-order valence-electron chi connectivity index (χ0n) is 19.6. The molecule has 3 fully saturated rings. The van der Waals surface area contributed by atoms with Crippen molar-refractivity contribution in [1.82, 2.24) is 19.8 Å². The van der Waals surface area contributed by atoms with Crippen molar-refractivity contribution in [2.24, 2.45) is 5.92 Å². The van der Waals surface area contributed by atoms with Gasteiger partial charge in [0.15, 0.2) is 0 Å².